The average molecular weight is 624 g/mol. The van der Waals surface area contributed by atoms with Gasteiger partial charge in [-0.05, 0) is 49.2 Å². The number of nitrogens with one attached hydrogen (secondary N) is 2. The molecule has 13 heteroatoms. The van der Waals surface area contributed by atoms with Gasteiger partial charge in [0, 0.05) is 63.1 Å². The lowest BCUT2D eigenvalue weighted by Crippen LogP contribution is -2.54. The Kier molecular flexibility index (Phi) is 9.15. The van der Waals surface area contributed by atoms with E-state index in [9.17, 15) is 9.59 Å². The van der Waals surface area contributed by atoms with Crippen molar-refractivity contribution in [2.24, 2.45) is 0 Å². The Morgan fingerprint density at radius 3 is 2.67 bits per heavy atom. The summed E-state index contributed by atoms with van der Waals surface area (Å²) >= 11 is 0. The fourth-order valence-corrected chi connectivity index (χ4v) is 5.85. The second kappa shape index (κ2) is 13.6. The number of benzene rings is 1. The van der Waals surface area contributed by atoms with Gasteiger partial charge in [-0.25, -0.2) is 19.4 Å². The third-order valence-electron chi connectivity index (χ3n) is 8.36. The molecule has 0 radical (unpaired) electrons. The third-order valence-corrected chi connectivity index (χ3v) is 8.36. The summed E-state index contributed by atoms with van der Waals surface area (Å²) in [5.74, 6) is -0.169. The maximum atomic E-state index is 13.5. The van der Waals surface area contributed by atoms with E-state index in [1.807, 2.05) is 19.1 Å². The van der Waals surface area contributed by atoms with E-state index in [1.165, 1.54) is 13.3 Å². The molecular weight excluding hydrogens is 586 g/mol. The lowest BCUT2D eigenvalue weighted by Gasteiger charge is -2.36. The number of allylic oxidation sites excluding steroid dienone is 1. The summed E-state index contributed by atoms with van der Waals surface area (Å²) in [4.78, 5) is 43.6. The first-order valence-corrected chi connectivity index (χ1v) is 15.1. The molecular formula is C33H37N9O4. The number of aromatic nitrogens is 5. The fourth-order valence-electron chi connectivity index (χ4n) is 5.85. The maximum Gasteiger partial charge on any atom is 0.341 e. The number of aryl methyl sites for hydroxylation is 1. The molecule has 2 N–H and O–H groups in total. The molecule has 6 rings (SSSR count). The van der Waals surface area contributed by atoms with E-state index in [0.29, 0.717) is 35.9 Å². The molecule has 1 amide bonds. The Bertz CT molecular complexity index is 1780. The van der Waals surface area contributed by atoms with Gasteiger partial charge in [0.25, 0.3) is 0 Å². The van der Waals surface area contributed by atoms with Crippen molar-refractivity contribution < 1.29 is 19.1 Å². The molecule has 0 spiro atoms. The summed E-state index contributed by atoms with van der Waals surface area (Å²) in [6.07, 6.45) is 11.0. The monoisotopic (exact) mass is 623 g/mol. The number of rotatable bonds is 10. The van der Waals surface area contributed by atoms with Crippen molar-refractivity contribution in [1.29, 1.82) is 0 Å². The minimum absolute atomic E-state index is 0.0658. The molecule has 0 saturated carbocycles. The van der Waals surface area contributed by atoms with Gasteiger partial charge in [-0.2, -0.15) is 5.10 Å². The SMILES string of the molecule is COC[C@H](C(=O)Nc1cccc2c1CC=C2c1nc(Nc2cnn(-c3ccncc3C(=O)OC)c2)ncc1C)N1CCN(C)CC1. The first-order chi connectivity index (χ1) is 22.4. The zero-order valence-corrected chi connectivity index (χ0v) is 26.4. The number of hydrogen-bond donors (Lipinski definition) is 2. The molecule has 13 nitrogen and oxygen atoms in total. The zero-order chi connectivity index (χ0) is 32.2. The second-order valence-corrected chi connectivity index (χ2v) is 11.4. The molecule has 4 aromatic rings. The van der Waals surface area contributed by atoms with E-state index >= 15 is 0 Å². The minimum atomic E-state index is -0.503. The van der Waals surface area contributed by atoms with Crippen LogP contribution in [0.3, 0.4) is 0 Å². The molecule has 1 aliphatic carbocycles. The number of ether oxygens (including phenoxy) is 2. The lowest BCUT2D eigenvalue weighted by atomic mass is 9.99. The number of methoxy groups -OCH3 is 2. The number of carbonyl (C=O) groups excluding carboxylic acids is 2. The largest absolute Gasteiger partial charge is 0.465 e. The van der Waals surface area contributed by atoms with Gasteiger partial charge in [-0.3, -0.25) is 14.7 Å². The predicted octanol–water partition coefficient (Wildman–Crippen LogP) is 3.08. The summed E-state index contributed by atoms with van der Waals surface area (Å²) in [6, 6.07) is 7.29. The second-order valence-electron chi connectivity index (χ2n) is 11.4. The molecule has 2 aliphatic rings. The molecule has 1 saturated heterocycles. The highest BCUT2D eigenvalue weighted by Crippen LogP contribution is 2.37. The van der Waals surface area contributed by atoms with Crippen molar-refractivity contribution in [2.75, 3.05) is 64.7 Å². The van der Waals surface area contributed by atoms with Gasteiger partial charge in [-0.1, -0.05) is 18.2 Å². The smallest absolute Gasteiger partial charge is 0.341 e. The van der Waals surface area contributed by atoms with Gasteiger partial charge in [0.15, 0.2) is 0 Å². The lowest BCUT2D eigenvalue weighted by molar-refractivity contribution is -0.124. The van der Waals surface area contributed by atoms with Crippen LogP contribution in [0.2, 0.25) is 0 Å². The topological polar surface area (TPSA) is 140 Å². The highest BCUT2D eigenvalue weighted by atomic mass is 16.5. The average Bonchev–Trinajstić information content (AvgIpc) is 3.72. The van der Waals surface area contributed by atoms with Gasteiger partial charge in [0.1, 0.15) is 11.6 Å². The van der Waals surface area contributed by atoms with Crippen LogP contribution in [0.4, 0.5) is 17.3 Å². The number of hydrogen-bond acceptors (Lipinski definition) is 11. The van der Waals surface area contributed by atoms with Crippen molar-refractivity contribution in [1.82, 2.24) is 34.5 Å². The van der Waals surface area contributed by atoms with Crippen LogP contribution in [0.1, 0.15) is 32.7 Å². The van der Waals surface area contributed by atoms with Crippen LogP contribution in [-0.2, 0) is 20.7 Å². The molecule has 3 aromatic heterocycles. The van der Waals surface area contributed by atoms with Crippen LogP contribution in [0.15, 0.2) is 61.3 Å². The molecule has 1 atom stereocenters. The van der Waals surface area contributed by atoms with Gasteiger partial charge in [-0.15, -0.1) is 0 Å². The molecule has 1 aromatic carbocycles. The zero-order valence-electron chi connectivity index (χ0n) is 26.4. The Balaban J connectivity index is 1.20. The molecule has 46 heavy (non-hydrogen) atoms. The Labute approximate surface area is 267 Å². The number of likely N-dealkylation sites (N-methyl/N-ethyl adjacent to an activating group) is 1. The van der Waals surface area contributed by atoms with Crippen LogP contribution >= 0.6 is 0 Å². The van der Waals surface area contributed by atoms with Gasteiger partial charge in [0.2, 0.25) is 11.9 Å². The summed E-state index contributed by atoms with van der Waals surface area (Å²) in [5, 5.41) is 10.8. The summed E-state index contributed by atoms with van der Waals surface area (Å²) in [5.41, 5.74) is 7.04. The maximum absolute atomic E-state index is 13.5. The van der Waals surface area contributed by atoms with E-state index in [1.54, 1.807) is 42.6 Å². The van der Waals surface area contributed by atoms with E-state index in [4.69, 9.17) is 14.5 Å². The van der Waals surface area contributed by atoms with Crippen LogP contribution < -0.4 is 10.6 Å². The third kappa shape index (κ3) is 6.38. The highest BCUT2D eigenvalue weighted by Gasteiger charge is 2.30. The van der Waals surface area contributed by atoms with Gasteiger partial charge in [0.05, 0.1) is 43.2 Å². The summed E-state index contributed by atoms with van der Waals surface area (Å²) in [7, 11) is 5.05. The molecule has 238 valence electrons. The number of carbonyl (C=O) groups is 2. The Morgan fingerprint density at radius 2 is 1.89 bits per heavy atom. The predicted molar refractivity (Wildman–Crippen MR) is 173 cm³/mol. The van der Waals surface area contributed by atoms with Crippen LogP contribution in [-0.4, -0.2) is 107 Å². The van der Waals surface area contributed by atoms with Crippen LogP contribution in [0, 0.1) is 6.92 Å². The minimum Gasteiger partial charge on any atom is -0.465 e. The van der Waals surface area contributed by atoms with Crippen molar-refractivity contribution in [2.45, 2.75) is 19.4 Å². The van der Waals surface area contributed by atoms with Crippen molar-refractivity contribution in [3.8, 4) is 5.69 Å². The van der Waals surface area contributed by atoms with Crippen LogP contribution in [0.5, 0.6) is 0 Å². The summed E-state index contributed by atoms with van der Waals surface area (Å²) in [6.45, 7) is 5.78. The number of anilines is 3. The van der Waals surface area contributed by atoms with Gasteiger partial charge >= 0.3 is 5.97 Å². The van der Waals surface area contributed by atoms with Crippen molar-refractivity contribution >= 4 is 34.8 Å². The molecule has 1 fully saturated rings. The molecule has 0 unspecified atom stereocenters. The number of fused-ring (bicyclic) bond motifs is 1. The van der Waals surface area contributed by atoms with Crippen molar-refractivity contribution in [3.63, 3.8) is 0 Å². The number of nitrogens with zero attached hydrogens (tertiary/aromatic N) is 7. The number of esters is 1. The van der Waals surface area contributed by atoms with E-state index < -0.39 is 5.97 Å². The molecule has 0 bridgehead atoms. The molecule has 4 heterocycles. The van der Waals surface area contributed by atoms with E-state index in [-0.39, 0.29) is 11.9 Å². The van der Waals surface area contributed by atoms with Gasteiger partial charge < -0.3 is 25.0 Å². The Morgan fingerprint density at radius 1 is 1.07 bits per heavy atom. The van der Waals surface area contributed by atoms with E-state index in [0.717, 1.165) is 59.8 Å². The molecule has 1 aliphatic heterocycles. The normalized spacial score (nSPS) is 15.6. The highest BCUT2D eigenvalue weighted by molar-refractivity contribution is 5.98. The van der Waals surface area contributed by atoms with Crippen molar-refractivity contribution in [3.05, 3.63) is 89.3 Å². The fraction of sp³-hybridized carbons (Fsp3) is 0.333. The number of piperazine rings is 1. The number of pyridine rings is 1. The quantitative estimate of drug-likeness (QED) is 0.252. The first-order valence-electron chi connectivity index (χ1n) is 15.1. The summed E-state index contributed by atoms with van der Waals surface area (Å²) < 4.78 is 11.9. The number of amides is 1. The standard InChI is InChI=1S/C33H37N9O4/c1-21-16-35-33(37-22-17-36-42(19-22)28-10-11-34-18-26(28)32(44)46-4)39-30(21)25-9-8-24-23(25)6-5-7-27(24)38-31(43)29(20-45-3)41-14-12-40(2)13-15-41/h5-7,9-11,16-19,29H,8,12-15,20H2,1-4H3,(H,38,43)(H,35,37,39)/t29-/m1/s1. The van der Waals surface area contributed by atoms with Crippen LogP contribution in [0.25, 0.3) is 11.3 Å². The van der Waals surface area contributed by atoms with E-state index in [2.05, 4.69) is 54.7 Å². The Hall–Kier alpha value is -4.98. The first kappa shape index (κ1) is 31.0.